The first-order valence-corrected chi connectivity index (χ1v) is 19.8. The second-order valence-electron chi connectivity index (χ2n) is 10.1. The van der Waals surface area contributed by atoms with Crippen LogP contribution in [0.15, 0.2) is 72.9 Å². The van der Waals surface area contributed by atoms with Crippen LogP contribution in [0, 0.1) is 13.0 Å². The van der Waals surface area contributed by atoms with Gasteiger partial charge in [-0.25, -0.2) is 0 Å². The summed E-state index contributed by atoms with van der Waals surface area (Å²) in [6.45, 7) is 6.78. The Labute approximate surface area is 200 Å². The van der Waals surface area contributed by atoms with Gasteiger partial charge in [-0.2, -0.15) is 0 Å². The van der Waals surface area contributed by atoms with Crippen LogP contribution < -0.4 is 10.5 Å². The molecule has 2 aliphatic rings. The molecule has 0 saturated carbocycles. The van der Waals surface area contributed by atoms with E-state index in [4.69, 9.17) is 4.98 Å². The summed E-state index contributed by atoms with van der Waals surface area (Å²) in [5.74, 6) is 7.49. The molecule has 0 N–H and O–H groups in total. The van der Waals surface area contributed by atoms with Crippen molar-refractivity contribution in [1.29, 1.82) is 0 Å². The first-order valence-electron chi connectivity index (χ1n) is 11.4. The predicted molar refractivity (Wildman–Crippen MR) is 144 cm³/mol. The second kappa shape index (κ2) is 7.31. The van der Waals surface area contributed by atoms with Gasteiger partial charge in [0.25, 0.3) is 0 Å². The molecule has 0 aliphatic carbocycles. The SMILES string of the molecule is C=[N+]1c2ccc3ccccc3c2[C]([Ge]([CH3])([CH3])[CH3])=C[C-]1c1cc(C)cc2c1[Si]c1ncccc1-2. The van der Waals surface area contributed by atoms with Crippen molar-refractivity contribution in [3.05, 3.63) is 95.7 Å². The molecule has 0 saturated heterocycles. The van der Waals surface area contributed by atoms with E-state index in [1.165, 1.54) is 60.8 Å². The Morgan fingerprint density at radius 2 is 1.79 bits per heavy atom. The van der Waals surface area contributed by atoms with Gasteiger partial charge in [0, 0.05) is 0 Å². The third-order valence-electron chi connectivity index (χ3n) is 6.75. The van der Waals surface area contributed by atoms with Gasteiger partial charge in [-0.15, -0.1) is 0 Å². The number of aromatic nitrogens is 1. The maximum atomic E-state index is 4.70. The first-order chi connectivity index (χ1) is 15.8. The number of rotatable bonds is 2. The van der Waals surface area contributed by atoms with Gasteiger partial charge < -0.3 is 0 Å². The molecule has 2 radical (unpaired) electrons. The van der Waals surface area contributed by atoms with E-state index in [2.05, 4.69) is 96.2 Å². The molecule has 4 aromatic rings. The second-order valence-corrected chi connectivity index (χ2v) is 21.9. The minimum absolute atomic E-state index is 0.576. The Kier molecular flexibility index (Phi) is 4.58. The van der Waals surface area contributed by atoms with E-state index in [9.17, 15) is 0 Å². The van der Waals surface area contributed by atoms with Crippen molar-refractivity contribution >= 4 is 60.9 Å². The molecule has 0 fully saturated rings. The fourth-order valence-electron chi connectivity index (χ4n) is 5.18. The zero-order chi connectivity index (χ0) is 22.9. The van der Waals surface area contributed by atoms with Crippen molar-refractivity contribution in [3.63, 3.8) is 0 Å². The molecular weight excluding hydrogens is 477 g/mol. The van der Waals surface area contributed by atoms with Crippen molar-refractivity contribution in [2.24, 2.45) is 0 Å². The standard InChI is InChI=1S/C29H26GeN2Si/c1-18-15-22-21-11-8-14-31-29(21)33-28(22)23(16-18)26-17-24(30(2,3)4)27-20-10-7-6-9-19(20)12-13-25(27)32(26)5/h6-17H,5H2,1-4H3. The molecule has 2 aliphatic heterocycles. The quantitative estimate of drug-likeness (QED) is 0.180. The molecule has 0 amide bonds. The fourth-order valence-corrected chi connectivity index (χ4v) is 9.90. The van der Waals surface area contributed by atoms with Crippen molar-refractivity contribution in [3.8, 4) is 11.1 Å². The molecule has 0 unspecified atom stereocenters. The van der Waals surface area contributed by atoms with E-state index >= 15 is 0 Å². The molecular formula is C29H26GeN2Si. The van der Waals surface area contributed by atoms with Crippen LogP contribution in [-0.2, 0) is 0 Å². The van der Waals surface area contributed by atoms with Gasteiger partial charge in [0.05, 0.1) is 0 Å². The van der Waals surface area contributed by atoms with Crippen LogP contribution in [0.5, 0.6) is 0 Å². The van der Waals surface area contributed by atoms with Crippen molar-refractivity contribution in [2.75, 3.05) is 0 Å². The number of pyridine rings is 1. The third kappa shape index (κ3) is 3.17. The molecule has 160 valence electrons. The molecule has 0 spiro atoms. The van der Waals surface area contributed by atoms with Crippen LogP contribution in [0.1, 0.15) is 16.7 Å². The van der Waals surface area contributed by atoms with Crippen LogP contribution in [-0.4, -0.2) is 39.1 Å². The van der Waals surface area contributed by atoms with Gasteiger partial charge in [0.15, 0.2) is 0 Å². The Morgan fingerprint density at radius 3 is 2.61 bits per heavy atom. The number of hydrogen-bond donors (Lipinski definition) is 0. The third-order valence-corrected chi connectivity index (χ3v) is 12.4. The molecule has 2 nitrogen and oxygen atoms in total. The van der Waals surface area contributed by atoms with E-state index < -0.39 is 13.3 Å². The van der Waals surface area contributed by atoms with Gasteiger partial charge in [-0.1, -0.05) is 0 Å². The average molecular weight is 503 g/mol. The van der Waals surface area contributed by atoms with Crippen molar-refractivity contribution < 1.29 is 4.58 Å². The zero-order valence-corrected chi connectivity index (χ0v) is 22.6. The summed E-state index contributed by atoms with van der Waals surface area (Å²) in [5, 5.41) is 5.24. The van der Waals surface area contributed by atoms with E-state index in [1.54, 1.807) is 4.41 Å². The van der Waals surface area contributed by atoms with Crippen LogP contribution >= 0.6 is 0 Å². The van der Waals surface area contributed by atoms with Crippen LogP contribution in [0.4, 0.5) is 5.69 Å². The van der Waals surface area contributed by atoms with Crippen LogP contribution in [0.25, 0.3) is 26.3 Å². The molecule has 0 atom stereocenters. The summed E-state index contributed by atoms with van der Waals surface area (Å²) in [6, 6.07) is 23.4. The summed E-state index contributed by atoms with van der Waals surface area (Å²) in [7, 11) is 0.576. The van der Waals surface area contributed by atoms with Crippen LogP contribution in [0.2, 0.25) is 17.3 Å². The topological polar surface area (TPSA) is 15.9 Å². The summed E-state index contributed by atoms with van der Waals surface area (Å²) in [4.78, 5) is 4.70. The predicted octanol–water partition coefficient (Wildman–Crippen LogP) is 5.38. The van der Waals surface area contributed by atoms with Gasteiger partial charge >= 0.3 is 201 Å². The van der Waals surface area contributed by atoms with E-state index in [0.717, 1.165) is 0 Å². The molecule has 3 aromatic carbocycles. The van der Waals surface area contributed by atoms with E-state index in [1.807, 2.05) is 12.3 Å². The van der Waals surface area contributed by atoms with E-state index in [0.29, 0.717) is 9.52 Å². The number of fused-ring (bicyclic) bond motifs is 6. The molecule has 33 heavy (non-hydrogen) atoms. The normalized spacial score (nSPS) is 14.7. The van der Waals surface area contributed by atoms with E-state index in [-0.39, 0.29) is 0 Å². The number of benzene rings is 3. The van der Waals surface area contributed by atoms with Gasteiger partial charge in [0.1, 0.15) is 0 Å². The fraction of sp³-hybridized carbons (Fsp3) is 0.138. The van der Waals surface area contributed by atoms with Gasteiger partial charge in [0.2, 0.25) is 0 Å². The molecule has 6 rings (SSSR count). The molecule has 0 bridgehead atoms. The Morgan fingerprint density at radius 1 is 0.970 bits per heavy atom. The molecule has 1 aromatic heterocycles. The Balaban J connectivity index is 1.61. The Hall–Kier alpha value is -2.89. The number of aryl methyl sites for hydroxylation is 1. The summed E-state index contributed by atoms with van der Waals surface area (Å²) in [5.41, 5.74) is 7.81. The van der Waals surface area contributed by atoms with Crippen molar-refractivity contribution in [1.82, 2.24) is 4.98 Å². The monoisotopic (exact) mass is 504 g/mol. The van der Waals surface area contributed by atoms with Crippen molar-refractivity contribution in [2.45, 2.75) is 24.2 Å². The zero-order valence-electron chi connectivity index (χ0n) is 19.5. The summed E-state index contributed by atoms with van der Waals surface area (Å²) >= 11 is -2.23. The number of hydrogen-bond acceptors (Lipinski definition) is 1. The Bertz CT molecular complexity index is 1510. The van der Waals surface area contributed by atoms with Gasteiger partial charge in [-0.05, 0) is 0 Å². The average Bonchev–Trinajstić information content (AvgIpc) is 3.16. The summed E-state index contributed by atoms with van der Waals surface area (Å²) < 4.78 is 3.72. The summed E-state index contributed by atoms with van der Waals surface area (Å²) in [6.07, 6.45) is 4.38. The molecule has 3 heterocycles. The first kappa shape index (κ1) is 20.7. The maximum absolute atomic E-state index is 4.70. The minimum atomic E-state index is -2.23. The van der Waals surface area contributed by atoms with Crippen LogP contribution in [0.3, 0.4) is 0 Å². The number of nitrogens with zero attached hydrogens (tertiary/aromatic N) is 2. The van der Waals surface area contributed by atoms with Gasteiger partial charge in [-0.3, -0.25) is 0 Å². The molecule has 4 heteroatoms.